The number of benzene rings is 1. The van der Waals surface area contributed by atoms with E-state index in [-0.39, 0.29) is 34.1 Å². The highest BCUT2D eigenvalue weighted by Crippen LogP contribution is 2.37. The van der Waals surface area contributed by atoms with Gasteiger partial charge in [-0.25, -0.2) is 8.42 Å². The predicted octanol–water partition coefficient (Wildman–Crippen LogP) is 2.79. The molecule has 2 fully saturated rings. The number of pyridine rings is 1. The molecule has 1 N–H and O–H groups in total. The molecule has 1 amide bonds. The molecule has 7 nitrogen and oxygen atoms in total. The maximum atomic E-state index is 13.3. The summed E-state index contributed by atoms with van der Waals surface area (Å²) in [5.41, 5.74) is 1.53. The number of nitrogens with zero attached hydrogens (tertiary/aromatic N) is 2. The van der Waals surface area contributed by atoms with E-state index in [0.717, 1.165) is 37.8 Å². The minimum Gasteiger partial charge on any atom is -0.326 e. The van der Waals surface area contributed by atoms with E-state index in [4.69, 9.17) is 0 Å². The van der Waals surface area contributed by atoms with Gasteiger partial charge in [-0.3, -0.25) is 9.59 Å². The van der Waals surface area contributed by atoms with Crippen LogP contribution in [0.2, 0.25) is 0 Å². The SMILES string of the molecule is O=C(Nc1ccc(S(=O)(=O)N2C[C@@H]3C[C@@H](C2)c2cccc(=O)n2C3)cc1)C1CCCC1. The topological polar surface area (TPSA) is 88.5 Å². The first-order valence-corrected chi connectivity index (χ1v) is 12.5. The lowest BCUT2D eigenvalue weighted by Gasteiger charge is -2.42. The van der Waals surface area contributed by atoms with Crippen LogP contribution >= 0.6 is 0 Å². The Bertz CT molecular complexity index is 1150. The fourth-order valence-corrected chi connectivity index (χ4v) is 6.90. The molecule has 1 saturated carbocycles. The summed E-state index contributed by atoms with van der Waals surface area (Å²) in [6.07, 6.45) is 4.93. The smallest absolute Gasteiger partial charge is 0.250 e. The third kappa shape index (κ3) is 3.83. The Labute approximate surface area is 182 Å². The van der Waals surface area contributed by atoms with Gasteiger partial charge < -0.3 is 9.88 Å². The second-order valence-corrected chi connectivity index (χ2v) is 11.0. The Balaban J connectivity index is 1.33. The van der Waals surface area contributed by atoms with Crippen molar-refractivity contribution in [3.63, 3.8) is 0 Å². The van der Waals surface area contributed by atoms with Gasteiger partial charge in [0.05, 0.1) is 4.90 Å². The summed E-state index contributed by atoms with van der Waals surface area (Å²) >= 11 is 0. The number of anilines is 1. The van der Waals surface area contributed by atoms with Crippen molar-refractivity contribution in [3.05, 3.63) is 58.5 Å². The minimum absolute atomic E-state index is 0.0150. The summed E-state index contributed by atoms with van der Waals surface area (Å²) in [6.45, 7) is 1.35. The van der Waals surface area contributed by atoms with Gasteiger partial charge in [0.2, 0.25) is 15.9 Å². The molecule has 3 heterocycles. The van der Waals surface area contributed by atoms with E-state index >= 15 is 0 Å². The first kappa shape index (κ1) is 20.5. The van der Waals surface area contributed by atoms with Crippen molar-refractivity contribution in [3.8, 4) is 0 Å². The average Bonchev–Trinajstić information content (AvgIpc) is 3.30. The number of aromatic nitrogens is 1. The molecule has 5 rings (SSSR count). The van der Waals surface area contributed by atoms with Gasteiger partial charge in [0.15, 0.2) is 0 Å². The van der Waals surface area contributed by atoms with Crippen molar-refractivity contribution in [2.75, 3.05) is 18.4 Å². The molecule has 1 aromatic heterocycles. The molecule has 2 aromatic rings. The van der Waals surface area contributed by atoms with E-state index in [0.29, 0.717) is 25.3 Å². The second kappa shape index (κ2) is 7.91. The molecule has 31 heavy (non-hydrogen) atoms. The predicted molar refractivity (Wildman–Crippen MR) is 117 cm³/mol. The molecule has 3 aliphatic rings. The molecule has 8 heteroatoms. The van der Waals surface area contributed by atoms with Crippen molar-refractivity contribution in [2.45, 2.75) is 49.5 Å². The van der Waals surface area contributed by atoms with E-state index in [1.165, 1.54) is 0 Å². The molecule has 1 aromatic carbocycles. The van der Waals surface area contributed by atoms with Gasteiger partial charge in [-0.05, 0) is 55.5 Å². The first-order valence-electron chi connectivity index (χ1n) is 11.0. The molecule has 164 valence electrons. The maximum Gasteiger partial charge on any atom is 0.250 e. The number of fused-ring (bicyclic) bond motifs is 4. The third-order valence-corrected chi connectivity index (χ3v) is 8.78. The van der Waals surface area contributed by atoms with Gasteiger partial charge in [0.1, 0.15) is 0 Å². The van der Waals surface area contributed by atoms with E-state index in [9.17, 15) is 18.0 Å². The molecule has 2 atom stereocenters. The molecular formula is C23H27N3O4S. The summed E-state index contributed by atoms with van der Waals surface area (Å²) in [5.74, 6) is 0.240. The zero-order chi connectivity index (χ0) is 21.6. The molecule has 2 bridgehead atoms. The molecule has 2 aliphatic heterocycles. The van der Waals surface area contributed by atoms with Crippen LogP contribution in [-0.4, -0.2) is 36.3 Å². The third-order valence-electron chi connectivity index (χ3n) is 6.93. The molecule has 0 unspecified atom stereocenters. The second-order valence-electron chi connectivity index (χ2n) is 9.02. The van der Waals surface area contributed by atoms with Gasteiger partial charge in [-0.1, -0.05) is 18.9 Å². The molecule has 1 aliphatic carbocycles. The summed E-state index contributed by atoms with van der Waals surface area (Å²) < 4.78 is 30.0. The van der Waals surface area contributed by atoms with Gasteiger partial charge in [0.25, 0.3) is 5.56 Å². The summed E-state index contributed by atoms with van der Waals surface area (Å²) in [6, 6.07) is 11.7. The highest BCUT2D eigenvalue weighted by molar-refractivity contribution is 7.89. The van der Waals surface area contributed by atoms with Crippen LogP contribution in [0.1, 0.15) is 43.7 Å². The summed E-state index contributed by atoms with van der Waals surface area (Å²) in [7, 11) is -3.64. The summed E-state index contributed by atoms with van der Waals surface area (Å²) in [5, 5.41) is 2.91. The Morgan fingerprint density at radius 3 is 2.45 bits per heavy atom. The van der Waals surface area contributed by atoms with Crippen LogP contribution in [0.25, 0.3) is 0 Å². The number of carbonyl (C=O) groups is 1. The van der Waals surface area contributed by atoms with Gasteiger partial charge >= 0.3 is 0 Å². The number of carbonyl (C=O) groups excluding carboxylic acids is 1. The highest BCUT2D eigenvalue weighted by Gasteiger charge is 2.39. The number of piperidine rings is 1. The van der Waals surface area contributed by atoms with E-state index < -0.39 is 10.0 Å². The van der Waals surface area contributed by atoms with Gasteiger partial charge in [0, 0.05) is 48.9 Å². The minimum atomic E-state index is -3.64. The lowest BCUT2D eigenvalue weighted by Crippen LogP contribution is -2.48. The fraction of sp³-hybridized carbons (Fsp3) is 0.478. The Morgan fingerprint density at radius 2 is 1.71 bits per heavy atom. The number of hydrogen-bond donors (Lipinski definition) is 1. The molecule has 1 saturated heterocycles. The van der Waals surface area contributed by atoms with Crippen molar-refractivity contribution in [1.29, 1.82) is 0 Å². The van der Waals surface area contributed by atoms with Crippen LogP contribution in [0.3, 0.4) is 0 Å². The molecule has 0 radical (unpaired) electrons. The van der Waals surface area contributed by atoms with Crippen molar-refractivity contribution >= 4 is 21.6 Å². The molecule has 0 spiro atoms. The number of sulfonamides is 1. The summed E-state index contributed by atoms with van der Waals surface area (Å²) in [4.78, 5) is 24.7. The standard InChI is InChI=1S/C23H27N3O4S/c27-22-7-3-6-21-18-12-16(14-26(21)22)13-25(15-18)31(29,30)20-10-8-19(9-11-20)24-23(28)17-4-1-2-5-17/h3,6-11,16-18H,1-2,4-5,12-15H2,(H,24,28)/t16-,18-/m0/s1. The molecular weight excluding hydrogens is 414 g/mol. The van der Waals surface area contributed by atoms with Crippen LogP contribution in [0.4, 0.5) is 5.69 Å². The normalized spacial score (nSPS) is 24.0. The first-order chi connectivity index (χ1) is 14.9. The lowest BCUT2D eigenvalue weighted by molar-refractivity contribution is -0.119. The monoisotopic (exact) mass is 441 g/mol. The average molecular weight is 442 g/mol. The van der Waals surface area contributed by atoms with E-state index in [1.807, 2.05) is 6.07 Å². The number of rotatable bonds is 4. The van der Waals surface area contributed by atoms with Crippen molar-refractivity contribution in [1.82, 2.24) is 8.87 Å². The zero-order valence-corrected chi connectivity index (χ0v) is 18.2. The number of nitrogens with one attached hydrogen (secondary N) is 1. The Kier molecular flexibility index (Phi) is 5.22. The van der Waals surface area contributed by atoms with Crippen molar-refractivity contribution < 1.29 is 13.2 Å². The lowest BCUT2D eigenvalue weighted by atomic mass is 9.84. The van der Waals surface area contributed by atoms with Crippen LogP contribution in [-0.2, 0) is 21.4 Å². The Hall–Kier alpha value is -2.45. The van der Waals surface area contributed by atoms with E-state index in [2.05, 4.69) is 5.32 Å². The van der Waals surface area contributed by atoms with Crippen LogP contribution in [0.15, 0.2) is 52.2 Å². The van der Waals surface area contributed by atoms with Gasteiger partial charge in [-0.15, -0.1) is 0 Å². The van der Waals surface area contributed by atoms with Crippen LogP contribution in [0, 0.1) is 11.8 Å². The van der Waals surface area contributed by atoms with E-state index in [1.54, 1.807) is 45.3 Å². The maximum absolute atomic E-state index is 13.3. The van der Waals surface area contributed by atoms with Crippen LogP contribution in [0.5, 0.6) is 0 Å². The largest absolute Gasteiger partial charge is 0.326 e. The number of hydrogen-bond acceptors (Lipinski definition) is 4. The Morgan fingerprint density at radius 1 is 0.968 bits per heavy atom. The van der Waals surface area contributed by atoms with Crippen LogP contribution < -0.4 is 10.9 Å². The zero-order valence-electron chi connectivity index (χ0n) is 17.4. The highest BCUT2D eigenvalue weighted by atomic mass is 32.2. The quantitative estimate of drug-likeness (QED) is 0.790. The van der Waals surface area contributed by atoms with Crippen molar-refractivity contribution in [2.24, 2.45) is 11.8 Å². The van der Waals surface area contributed by atoms with Gasteiger partial charge in [-0.2, -0.15) is 4.31 Å². The fourth-order valence-electron chi connectivity index (χ4n) is 5.34. The number of amides is 1.